The van der Waals surface area contributed by atoms with E-state index in [9.17, 15) is 4.79 Å². The SMILES string of the molecule is COc1ccc2cc(CN(C)C(=O)CSc3ncc(-c4ccccc4)[nH]3)ccc2c1. The molecule has 4 rings (SSSR count). The number of imidazole rings is 1. The zero-order chi connectivity index (χ0) is 20.9. The fourth-order valence-corrected chi connectivity index (χ4v) is 4.03. The summed E-state index contributed by atoms with van der Waals surface area (Å²) < 4.78 is 5.28. The van der Waals surface area contributed by atoms with Crippen molar-refractivity contribution in [3.8, 4) is 17.0 Å². The third kappa shape index (κ3) is 4.66. The van der Waals surface area contributed by atoms with E-state index in [0.717, 1.165) is 38.5 Å². The van der Waals surface area contributed by atoms with Crippen LogP contribution in [0, 0.1) is 0 Å². The summed E-state index contributed by atoms with van der Waals surface area (Å²) in [6.07, 6.45) is 1.80. The van der Waals surface area contributed by atoms with E-state index in [1.807, 2.05) is 55.6 Å². The van der Waals surface area contributed by atoms with E-state index in [0.29, 0.717) is 12.3 Å². The Hall–Kier alpha value is -3.25. The molecule has 0 aliphatic heterocycles. The maximum atomic E-state index is 12.6. The molecule has 152 valence electrons. The Morgan fingerprint density at radius 2 is 1.83 bits per heavy atom. The van der Waals surface area contributed by atoms with Crippen molar-refractivity contribution in [2.75, 3.05) is 19.9 Å². The molecule has 0 fully saturated rings. The van der Waals surface area contributed by atoms with Crippen molar-refractivity contribution in [2.45, 2.75) is 11.7 Å². The zero-order valence-corrected chi connectivity index (χ0v) is 17.8. The third-order valence-corrected chi connectivity index (χ3v) is 5.80. The highest BCUT2D eigenvalue weighted by Crippen LogP contribution is 2.23. The first-order valence-corrected chi connectivity index (χ1v) is 10.6. The van der Waals surface area contributed by atoms with E-state index in [4.69, 9.17) is 4.74 Å². The van der Waals surface area contributed by atoms with Crippen LogP contribution in [-0.4, -0.2) is 40.7 Å². The van der Waals surface area contributed by atoms with E-state index in [2.05, 4.69) is 28.2 Å². The largest absolute Gasteiger partial charge is 0.497 e. The van der Waals surface area contributed by atoms with Crippen LogP contribution in [0.15, 0.2) is 78.1 Å². The van der Waals surface area contributed by atoms with Crippen LogP contribution in [0.3, 0.4) is 0 Å². The predicted octanol–water partition coefficient (Wildman–Crippen LogP) is 4.99. The smallest absolute Gasteiger partial charge is 0.233 e. The Balaban J connectivity index is 1.35. The molecule has 5 nitrogen and oxygen atoms in total. The van der Waals surface area contributed by atoms with Crippen LogP contribution in [0.5, 0.6) is 5.75 Å². The van der Waals surface area contributed by atoms with Crippen LogP contribution in [0.1, 0.15) is 5.56 Å². The summed E-state index contributed by atoms with van der Waals surface area (Å²) in [7, 11) is 3.50. The van der Waals surface area contributed by atoms with E-state index in [1.165, 1.54) is 11.8 Å². The number of hydrogen-bond donors (Lipinski definition) is 1. The molecule has 1 amide bonds. The van der Waals surface area contributed by atoms with Crippen LogP contribution in [0.4, 0.5) is 0 Å². The Bertz CT molecular complexity index is 1160. The molecule has 6 heteroatoms. The van der Waals surface area contributed by atoms with Gasteiger partial charge in [-0.3, -0.25) is 4.79 Å². The lowest BCUT2D eigenvalue weighted by Gasteiger charge is -2.17. The monoisotopic (exact) mass is 417 g/mol. The summed E-state index contributed by atoms with van der Waals surface area (Å²) in [5.74, 6) is 1.24. The van der Waals surface area contributed by atoms with Crippen molar-refractivity contribution in [3.05, 3.63) is 78.5 Å². The van der Waals surface area contributed by atoms with Crippen molar-refractivity contribution in [1.82, 2.24) is 14.9 Å². The van der Waals surface area contributed by atoms with Gasteiger partial charge in [0.15, 0.2) is 5.16 Å². The minimum absolute atomic E-state index is 0.0625. The molecule has 0 atom stereocenters. The van der Waals surface area contributed by atoms with Crippen LogP contribution in [0.25, 0.3) is 22.0 Å². The molecule has 4 aromatic rings. The van der Waals surface area contributed by atoms with E-state index in [-0.39, 0.29) is 5.91 Å². The number of ether oxygens (including phenoxy) is 1. The van der Waals surface area contributed by atoms with Crippen molar-refractivity contribution >= 4 is 28.4 Å². The van der Waals surface area contributed by atoms with Crippen molar-refractivity contribution in [1.29, 1.82) is 0 Å². The van der Waals surface area contributed by atoms with Gasteiger partial charge in [0, 0.05) is 13.6 Å². The molecule has 0 radical (unpaired) electrons. The molecule has 0 spiro atoms. The fourth-order valence-electron chi connectivity index (χ4n) is 3.24. The summed E-state index contributed by atoms with van der Waals surface area (Å²) in [6.45, 7) is 0.564. The lowest BCUT2D eigenvalue weighted by atomic mass is 10.1. The molecule has 0 aliphatic carbocycles. The molecule has 0 unspecified atom stereocenters. The lowest BCUT2D eigenvalue weighted by molar-refractivity contribution is -0.127. The molecular weight excluding hydrogens is 394 g/mol. The molecule has 30 heavy (non-hydrogen) atoms. The second-order valence-corrected chi connectivity index (χ2v) is 8.02. The van der Waals surface area contributed by atoms with Gasteiger partial charge >= 0.3 is 0 Å². The minimum atomic E-state index is 0.0625. The Kier molecular flexibility index (Phi) is 6.05. The average molecular weight is 418 g/mol. The second kappa shape index (κ2) is 9.05. The topological polar surface area (TPSA) is 58.2 Å². The number of nitrogens with zero attached hydrogens (tertiary/aromatic N) is 2. The Morgan fingerprint density at radius 1 is 1.07 bits per heavy atom. The van der Waals surface area contributed by atoms with Crippen LogP contribution >= 0.6 is 11.8 Å². The van der Waals surface area contributed by atoms with Gasteiger partial charge in [-0.25, -0.2) is 4.98 Å². The number of aromatic nitrogens is 2. The fraction of sp³-hybridized carbons (Fsp3) is 0.167. The Morgan fingerprint density at radius 3 is 2.63 bits per heavy atom. The minimum Gasteiger partial charge on any atom is -0.497 e. The van der Waals surface area contributed by atoms with Crippen LogP contribution in [-0.2, 0) is 11.3 Å². The molecule has 1 heterocycles. The van der Waals surface area contributed by atoms with Gasteiger partial charge in [-0.05, 0) is 40.1 Å². The summed E-state index contributed by atoms with van der Waals surface area (Å²) >= 11 is 1.42. The van der Waals surface area contributed by atoms with Gasteiger partial charge in [-0.15, -0.1) is 0 Å². The second-order valence-electron chi connectivity index (χ2n) is 7.05. The summed E-state index contributed by atoms with van der Waals surface area (Å²) in [5, 5.41) is 3.00. The Labute approximate surface area is 180 Å². The highest BCUT2D eigenvalue weighted by Gasteiger charge is 2.12. The number of hydrogen-bond acceptors (Lipinski definition) is 4. The number of carbonyl (C=O) groups is 1. The highest BCUT2D eigenvalue weighted by molar-refractivity contribution is 7.99. The number of nitrogens with one attached hydrogen (secondary N) is 1. The van der Waals surface area contributed by atoms with Gasteiger partial charge in [-0.2, -0.15) is 0 Å². The first kappa shape index (κ1) is 20.0. The van der Waals surface area contributed by atoms with Gasteiger partial charge in [0.25, 0.3) is 0 Å². The standard InChI is InChI=1S/C24H23N3O2S/c1-27(15-17-8-9-20-13-21(29-2)11-10-19(20)12-17)23(28)16-30-24-25-14-22(26-24)18-6-4-3-5-7-18/h3-14H,15-16H2,1-2H3,(H,25,26). The van der Waals surface area contributed by atoms with Crippen molar-refractivity contribution in [2.24, 2.45) is 0 Å². The van der Waals surface area contributed by atoms with Gasteiger partial charge in [0.05, 0.1) is 24.8 Å². The quantitative estimate of drug-likeness (QED) is 0.431. The maximum absolute atomic E-state index is 12.6. The number of aromatic amines is 1. The predicted molar refractivity (Wildman–Crippen MR) is 122 cm³/mol. The lowest BCUT2D eigenvalue weighted by Crippen LogP contribution is -2.27. The van der Waals surface area contributed by atoms with Crippen molar-refractivity contribution < 1.29 is 9.53 Å². The molecule has 3 aromatic carbocycles. The average Bonchev–Trinajstić information content (AvgIpc) is 3.26. The first-order chi connectivity index (χ1) is 14.6. The molecule has 0 saturated carbocycles. The number of thioether (sulfide) groups is 1. The number of methoxy groups -OCH3 is 1. The van der Waals surface area contributed by atoms with Gasteiger partial charge in [-0.1, -0.05) is 60.3 Å². The van der Waals surface area contributed by atoms with Crippen molar-refractivity contribution in [3.63, 3.8) is 0 Å². The molecule has 0 saturated heterocycles. The summed E-state index contributed by atoms with van der Waals surface area (Å²) in [4.78, 5) is 22.0. The van der Waals surface area contributed by atoms with Gasteiger partial charge in [0.1, 0.15) is 5.75 Å². The van der Waals surface area contributed by atoms with E-state index >= 15 is 0 Å². The van der Waals surface area contributed by atoms with E-state index < -0.39 is 0 Å². The van der Waals surface area contributed by atoms with Crippen LogP contribution < -0.4 is 4.74 Å². The molecular formula is C24H23N3O2S. The maximum Gasteiger partial charge on any atom is 0.233 e. The number of benzene rings is 3. The van der Waals surface area contributed by atoms with E-state index in [1.54, 1.807) is 18.2 Å². The van der Waals surface area contributed by atoms with Gasteiger partial charge in [0.2, 0.25) is 5.91 Å². The number of H-pyrrole nitrogens is 1. The van der Waals surface area contributed by atoms with Gasteiger partial charge < -0.3 is 14.6 Å². The summed E-state index contributed by atoms with van der Waals surface area (Å²) in [6, 6.07) is 22.3. The molecule has 1 N–H and O–H groups in total. The molecule has 1 aromatic heterocycles. The van der Waals surface area contributed by atoms with Crippen LogP contribution in [0.2, 0.25) is 0 Å². The number of fused-ring (bicyclic) bond motifs is 1. The number of carbonyl (C=O) groups excluding carboxylic acids is 1. The highest BCUT2D eigenvalue weighted by atomic mass is 32.2. The normalized spacial score (nSPS) is 10.9. The zero-order valence-electron chi connectivity index (χ0n) is 17.0. The molecule has 0 aliphatic rings. The number of amides is 1. The number of rotatable bonds is 7. The summed E-state index contributed by atoms with van der Waals surface area (Å²) in [5.41, 5.74) is 3.12. The first-order valence-electron chi connectivity index (χ1n) is 9.66. The third-order valence-electron chi connectivity index (χ3n) is 4.93. The molecule has 0 bridgehead atoms.